The fourth-order valence-electron chi connectivity index (χ4n) is 3.12. The van der Waals surface area contributed by atoms with Crippen LogP contribution >= 0.6 is 0 Å². The third-order valence-electron chi connectivity index (χ3n) is 4.64. The number of rotatable bonds is 5. The SMILES string of the molecule is Cc1ccc(OC2CCC(NS(=O)(=O)c3cccc(C(F)(F)F)c3)CC2)nc1. The Labute approximate surface area is 162 Å². The second-order valence-corrected chi connectivity index (χ2v) is 8.63. The highest BCUT2D eigenvalue weighted by Crippen LogP contribution is 2.31. The van der Waals surface area contributed by atoms with Crippen LogP contribution in [0.1, 0.15) is 36.8 Å². The molecule has 0 aliphatic heterocycles. The van der Waals surface area contributed by atoms with Crippen LogP contribution in [0.25, 0.3) is 0 Å². The maximum absolute atomic E-state index is 12.8. The Kier molecular flexibility index (Phi) is 5.95. The van der Waals surface area contributed by atoms with E-state index in [1.807, 2.05) is 13.0 Å². The van der Waals surface area contributed by atoms with Gasteiger partial charge in [0.2, 0.25) is 15.9 Å². The van der Waals surface area contributed by atoms with Crippen molar-refractivity contribution in [3.63, 3.8) is 0 Å². The third kappa shape index (κ3) is 5.23. The molecule has 1 aromatic carbocycles. The Hall–Kier alpha value is -2.13. The number of pyridine rings is 1. The Balaban J connectivity index is 1.58. The van der Waals surface area contributed by atoms with Gasteiger partial charge in [-0.15, -0.1) is 0 Å². The molecule has 0 amide bonds. The molecule has 0 radical (unpaired) electrons. The lowest BCUT2D eigenvalue weighted by Crippen LogP contribution is -2.39. The highest BCUT2D eigenvalue weighted by molar-refractivity contribution is 7.89. The highest BCUT2D eigenvalue weighted by Gasteiger charge is 2.32. The summed E-state index contributed by atoms with van der Waals surface area (Å²) in [7, 11) is -4.03. The molecule has 1 N–H and O–H groups in total. The number of nitrogens with zero attached hydrogens (tertiary/aromatic N) is 1. The summed E-state index contributed by atoms with van der Waals surface area (Å²) < 4.78 is 71.7. The molecule has 5 nitrogen and oxygen atoms in total. The minimum atomic E-state index is -4.59. The highest BCUT2D eigenvalue weighted by atomic mass is 32.2. The average Bonchev–Trinajstić information content (AvgIpc) is 2.64. The normalized spacial score (nSPS) is 20.7. The molecule has 1 aliphatic rings. The van der Waals surface area contributed by atoms with Gasteiger partial charge >= 0.3 is 6.18 Å². The van der Waals surface area contributed by atoms with Crippen LogP contribution in [0, 0.1) is 6.92 Å². The van der Waals surface area contributed by atoms with E-state index >= 15 is 0 Å². The molecular formula is C19H21F3N2O3S. The number of alkyl halides is 3. The Morgan fingerprint density at radius 1 is 1.11 bits per heavy atom. The molecule has 2 aromatic rings. The number of benzene rings is 1. The minimum Gasteiger partial charge on any atom is -0.474 e. The van der Waals surface area contributed by atoms with Gasteiger partial charge in [0, 0.05) is 18.3 Å². The molecule has 9 heteroatoms. The van der Waals surface area contributed by atoms with Crippen molar-refractivity contribution in [1.29, 1.82) is 0 Å². The molecule has 28 heavy (non-hydrogen) atoms. The maximum atomic E-state index is 12.8. The van der Waals surface area contributed by atoms with E-state index in [4.69, 9.17) is 4.74 Å². The van der Waals surface area contributed by atoms with Gasteiger partial charge in [0.1, 0.15) is 6.10 Å². The quantitative estimate of drug-likeness (QED) is 0.801. The lowest BCUT2D eigenvalue weighted by Gasteiger charge is -2.29. The van der Waals surface area contributed by atoms with E-state index in [0.717, 1.165) is 23.8 Å². The van der Waals surface area contributed by atoms with Gasteiger partial charge in [-0.3, -0.25) is 0 Å². The fourth-order valence-corrected chi connectivity index (χ4v) is 4.47. The molecule has 1 aromatic heterocycles. The maximum Gasteiger partial charge on any atom is 0.416 e. The summed E-state index contributed by atoms with van der Waals surface area (Å²) in [6.07, 6.45) is -0.612. The first-order valence-corrected chi connectivity index (χ1v) is 10.4. The van der Waals surface area contributed by atoms with Crippen molar-refractivity contribution in [2.75, 3.05) is 0 Å². The van der Waals surface area contributed by atoms with Gasteiger partial charge in [-0.2, -0.15) is 13.2 Å². The Morgan fingerprint density at radius 2 is 1.82 bits per heavy atom. The number of halogens is 3. The number of ether oxygens (including phenoxy) is 1. The van der Waals surface area contributed by atoms with Gasteiger partial charge < -0.3 is 4.74 Å². The van der Waals surface area contributed by atoms with Crippen LogP contribution in [0.4, 0.5) is 13.2 Å². The molecule has 0 bridgehead atoms. The number of aromatic nitrogens is 1. The Morgan fingerprint density at radius 3 is 2.43 bits per heavy atom. The molecule has 0 saturated heterocycles. The van der Waals surface area contributed by atoms with E-state index in [-0.39, 0.29) is 17.0 Å². The van der Waals surface area contributed by atoms with Gasteiger partial charge in [0.15, 0.2) is 0 Å². The minimum absolute atomic E-state index is 0.0653. The zero-order valence-corrected chi connectivity index (χ0v) is 16.1. The molecule has 1 saturated carbocycles. The average molecular weight is 414 g/mol. The Bertz CT molecular complexity index is 907. The first-order chi connectivity index (χ1) is 13.1. The molecule has 1 fully saturated rings. The van der Waals surface area contributed by atoms with Crippen LogP contribution in [0.2, 0.25) is 0 Å². The van der Waals surface area contributed by atoms with Crippen LogP contribution in [0.5, 0.6) is 5.88 Å². The van der Waals surface area contributed by atoms with E-state index in [1.165, 1.54) is 0 Å². The monoisotopic (exact) mass is 414 g/mol. The van der Waals surface area contributed by atoms with Crippen molar-refractivity contribution in [2.24, 2.45) is 0 Å². The van der Waals surface area contributed by atoms with E-state index in [1.54, 1.807) is 12.3 Å². The molecule has 0 atom stereocenters. The van der Waals surface area contributed by atoms with Gasteiger partial charge in [-0.05, 0) is 56.4 Å². The second-order valence-electron chi connectivity index (χ2n) is 6.91. The van der Waals surface area contributed by atoms with Crippen molar-refractivity contribution in [2.45, 2.75) is 55.8 Å². The summed E-state index contributed by atoms with van der Waals surface area (Å²) in [4.78, 5) is 3.81. The fraction of sp³-hybridized carbons (Fsp3) is 0.421. The molecule has 1 aliphatic carbocycles. The predicted molar refractivity (Wildman–Crippen MR) is 97.4 cm³/mol. The number of aryl methyl sites for hydroxylation is 1. The van der Waals surface area contributed by atoms with E-state index in [2.05, 4.69) is 9.71 Å². The molecular weight excluding hydrogens is 393 g/mol. The lowest BCUT2D eigenvalue weighted by molar-refractivity contribution is -0.137. The van der Waals surface area contributed by atoms with Crippen molar-refractivity contribution >= 4 is 10.0 Å². The van der Waals surface area contributed by atoms with Gasteiger partial charge in [0.25, 0.3) is 0 Å². The van der Waals surface area contributed by atoms with Crippen LogP contribution in [0.3, 0.4) is 0 Å². The number of nitrogens with one attached hydrogen (secondary N) is 1. The van der Waals surface area contributed by atoms with E-state index < -0.39 is 21.8 Å². The summed E-state index contributed by atoms with van der Waals surface area (Å²) >= 11 is 0. The van der Waals surface area contributed by atoms with Gasteiger partial charge in [-0.25, -0.2) is 18.1 Å². The summed E-state index contributed by atoms with van der Waals surface area (Å²) in [5, 5.41) is 0. The third-order valence-corrected chi connectivity index (χ3v) is 6.16. The zero-order chi connectivity index (χ0) is 20.4. The number of hydrogen-bond acceptors (Lipinski definition) is 4. The molecule has 152 valence electrons. The largest absolute Gasteiger partial charge is 0.474 e. The summed E-state index contributed by atoms with van der Waals surface area (Å²) in [6.45, 7) is 1.93. The van der Waals surface area contributed by atoms with Crippen molar-refractivity contribution in [3.05, 3.63) is 53.7 Å². The van der Waals surface area contributed by atoms with Crippen LogP contribution in [-0.4, -0.2) is 25.5 Å². The zero-order valence-electron chi connectivity index (χ0n) is 15.2. The standard InChI is InChI=1S/C19H21F3N2O3S/c1-13-5-10-18(23-12-13)27-16-8-6-15(7-9-16)24-28(25,26)17-4-2-3-14(11-17)19(20,21)22/h2-5,10-12,15-16,24H,6-9H2,1H3. The number of sulfonamides is 1. The predicted octanol–water partition coefficient (Wildman–Crippen LogP) is 4.08. The summed E-state index contributed by atoms with van der Waals surface area (Å²) in [5.74, 6) is 0.526. The van der Waals surface area contributed by atoms with E-state index in [9.17, 15) is 21.6 Å². The number of hydrogen-bond donors (Lipinski definition) is 1. The molecule has 0 spiro atoms. The van der Waals surface area contributed by atoms with Crippen LogP contribution < -0.4 is 9.46 Å². The first-order valence-electron chi connectivity index (χ1n) is 8.92. The molecule has 3 rings (SSSR count). The lowest BCUT2D eigenvalue weighted by atomic mass is 9.94. The van der Waals surface area contributed by atoms with Crippen LogP contribution in [0.15, 0.2) is 47.5 Å². The first kappa shape index (κ1) is 20.6. The smallest absolute Gasteiger partial charge is 0.416 e. The summed E-state index contributed by atoms with van der Waals surface area (Å²) in [5.41, 5.74) is 0.0399. The van der Waals surface area contributed by atoms with Crippen LogP contribution in [-0.2, 0) is 16.2 Å². The second kappa shape index (κ2) is 8.08. The van der Waals surface area contributed by atoms with Gasteiger partial charge in [0.05, 0.1) is 10.5 Å². The van der Waals surface area contributed by atoms with Crippen molar-refractivity contribution in [3.8, 4) is 5.88 Å². The van der Waals surface area contributed by atoms with E-state index in [0.29, 0.717) is 37.6 Å². The van der Waals surface area contributed by atoms with Gasteiger partial charge in [-0.1, -0.05) is 12.1 Å². The summed E-state index contributed by atoms with van der Waals surface area (Å²) in [6, 6.07) is 7.10. The van der Waals surface area contributed by atoms with Crippen molar-refractivity contribution < 1.29 is 26.3 Å². The topological polar surface area (TPSA) is 68.3 Å². The molecule has 1 heterocycles. The molecule has 0 unspecified atom stereocenters. The van der Waals surface area contributed by atoms with Crippen molar-refractivity contribution in [1.82, 2.24) is 9.71 Å².